The van der Waals surface area contributed by atoms with E-state index in [4.69, 9.17) is 4.99 Å². The van der Waals surface area contributed by atoms with Gasteiger partial charge in [-0.2, -0.15) is 0 Å². The Morgan fingerprint density at radius 3 is 2.78 bits per heavy atom. The highest BCUT2D eigenvalue weighted by Gasteiger charge is 2.08. The zero-order chi connectivity index (χ0) is 19.1. The Labute approximate surface area is 165 Å². The van der Waals surface area contributed by atoms with Crippen LogP contribution in [-0.2, 0) is 13.1 Å². The van der Waals surface area contributed by atoms with Gasteiger partial charge in [-0.25, -0.2) is 9.98 Å². The Kier molecular flexibility index (Phi) is 6.70. The van der Waals surface area contributed by atoms with Gasteiger partial charge in [0.25, 0.3) is 0 Å². The van der Waals surface area contributed by atoms with E-state index in [0.29, 0.717) is 13.1 Å². The lowest BCUT2D eigenvalue weighted by atomic mass is 10.2. The van der Waals surface area contributed by atoms with Crippen molar-refractivity contribution in [1.29, 1.82) is 0 Å². The number of nitrogens with one attached hydrogen (secondary N) is 2. The summed E-state index contributed by atoms with van der Waals surface area (Å²) in [5.41, 5.74) is 3.49. The average molecular weight is 385 g/mol. The van der Waals surface area contributed by atoms with Crippen molar-refractivity contribution in [2.24, 2.45) is 4.99 Å². The number of rotatable bonds is 7. The van der Waals surface area contributed by atoms with Gasteiger partial charge in [-0.3, -0.25) is 0 Å². The Hall–Kier alpha value is -2.54. The minimum Gasteiger partial charge on any atom is -0.364 e. The molecule has 0 saturated heterocycles. The standard InChI is InChI=1S/C20H28N6S/c1-4-21-19(23-14-17-15-27-20(24-17)25(2)3)22-13-16-8-7-9-18(12-16)26-10-5-6-11-26/h5-9,12,15H,4,10-11,13-14H2,1-3H3,(H2,21,22,23). The number of aromatic nitrogens is 1. The molecule has 2 N–H and O–H groups in total. The summed E-state index contributed by atoms with van der Waals surface area (Å²) in [6.07, 6.45) is 4.41. The van der Waals surface area contributed by atoms with Crippen molar-refractivity contribution in [2.45, 2.75) is 20.0 Å². The molecule has 0 aliphatic carbocycles. The molecule has 27 heavy (non-hydrogen) atoms. The van der Waals surface area contributed by atoms with E-state index in [-0.39, 0.29) is 0 Å². The van der Waals surface area contributed by atoms with E-state index in [2.05, 4.69) is 69.2 Å². The molecule has 0 bridgehead atoms. The minimum absolute atomic E-state index is 0.643. The lowest BCUT2D eigenvalue weighted by Crippen LogP contribution is -2.36. The summed E-state index contributed by atoms with van der Waals surface area (Å²) in [4.78, 5) is 13.7. The van der Waals surface area contributed by atoms with Crippen LogP contribution in [0.15, 0.2) is 46.8 Å². The fourth-order valence-electron chi connectivity index (χ4n) is 2.81. The first kappa shape index (κ1) is 19.2. The summed E-state index contributed by atoms with van der Waals surface area (Å²) in [6.45, 7) is 6.18. The summed E-state index contributed by atoms with van der Waals surface area (Å²) < 4.78 is 0. The Morgan fingerprint density at radius 1 is 1.26 bits per heavy atom. The summed E-state index contributed by atoms with van der Waals surface area (Å²) in [7, 11) is 4.02. The van der Waals surface area contributed by atoms with Crippen molar-refractivity contribution in [2.75, 3.05) is 43.5 Å². The van der Waals surface area contributed by atoms with Gasteiger partial charge < -0.3 is 20.4 Å². The number of benzene rings is 1. The van der Waals surface area contributed by atoms with Gasteiger partial charge in [0.1, 0.15) is 0 Å². The van der Waals surface area contributed by atoms with Crippen LogP contribution in [0, 0.1) is 0 Å². The van der Waals surface area contributed by atoms with Crippen LogP contribution in [0.3, 0.4) is 0 Å². The molecule has 7 heteroatoms. The van der Waals surface area contributed by atoms with Crippen LogP contribution in [0.5, 0.6) is 0 Å². The molecule has 0 saturated carbocycles. The third-order valence-electron chi connectivity index (χ3n) is 4.22. The number of anilines is 2. The van der Waals surface area contributed by atoms with Crippen LogP contribution >= 0.6 is 11.3 Å². The maximum Gasteiger partial charge on any atom is 0.191 e. The second-order valence-corrected chi connectivity index (χ2v) is 7.45. The predicted molar refractivity (Wildman–Crippen MR) is 116 cm³/mol. The lowest BCUT2D eigenvalue weighted by molar-refractivity contribution is 0.803. The van der Waals surface area contributed by atoms with Crippen LogP contribution < -0.4 is 20.4 Å². The first-order chi connectivity index (χ1) is 13.2. The van der Waals surface area contributed by atoms with Gasteiger partial charge in [0.05, 0.1) is 18.8 Å². The molecule has 0 atom stereocenters. The highest BCUT2D eigenvalue weighted by atomic mass is 32.1. The van der Waals surface area contributed by atoms with Gasteiger partial charge in [0, 0.05) is 44.8 Å². The van der Waals surface area contributed by atoms with E-state index in [1.165, 1.54) is 11.3 Å². The van der Waals surface area contributed by atoms with E-state index in [0.717, 1.165) is 36.4 Å². The quantitative estimate of drug-likeness (QED) is 0.437. The van der Waals surface area contributed by atoms with Gasteiger partial charge in [-0.1, -0.05) is 24.3 Å². The second kappa shape index (κ2) is 9.41. The number of aliphatic imine (C=N–C) groups is 1. The van der Waals surface area contributed by atoms with Crippen LogP contribution in [0.2, 0.25) is 0 Å². The van der Waals surface area contributed by atoms with E-state index >= 15 is 0 Å². The first-order valence-electron chi connectivity index (χ1n) is 9.28. The molecule has 0 radical (unpaired) electrons. The average Bonchev–Trinajstić information content (AvgIpc) is 3.36. The van der Waals surface area contributed by atoms with E-state index in [9.17, 15) is 0 Å². The molecule has 1 aliphatic rings. The molecule has 6 nitrogen and oxygen atoms in total. The van der Waals surface area contributed by atoms with Crippen molar-refractivity contribution >= 4 is 28.1 Å². The minimum atomic E-state index is 0.643. The monoisotopic (exact) mass is 384 g/mol. The first-order valence-corrected chi connectivity index (χ1v) is 10.2. The lowest BCUT2D eigenvalue weighted by Gasteiger charge is -2.18. The van der Waals surface area contributed by atoms with E-state index in [1.807, 2.05) is 19.0 Å². The van der Waals surface area contributed by atoms with Crippen molar-refractivity contribution in [3.8, 4) is 0 Å². The molecular formula is C20H28N6S. The number of hydrogen-bond donors (Lipinski definition) is 2. The van der Waals surface area contributed by atoms with Crippen molar-refractivity contribution in [1.82, 2.24) is 15.6 Å². The SMILES string of the molecule is CCNC(=NCc1cccc(N2CC=CC2)c1)NCc1csc(N(C)C)n1. The van der Waals surface area contributed by atoms with Crippen LogP contribution in [0.4, 0.5) is 10.8 Å². The highest BCUT2D eigenvalue weighted by molar-refractivity contribution is 7.13. The molecule has 1 aromatic heterocycles. The summed E-state index contributed by atoms with van der Waals surface area (Å²) in [5.74, 6) is 0.810. The highest BCUT2D eigenvalue weighted by Crippen LogP contribution is 2.19. The summed E-state index contributed by atoms with van der Waals surface area (Å²) >= 11 is 1.65. The third kappa shape index (κ3) is 5.47. The Bertz CT molecular complexity index is 787. The maximum atomic E-state index is 4.73. The third-order valence-corrected chi connectivity index (χ3v) is 5.27. The van der Waals surface area contributed by atoms with Gasteiger partial charge >= 0.3 is 0 Å². The van der Waals surface area contributed by atoms with Crippen molar-refractivity contribution in [3.05, 3.63) is 53.1 Å². The molecule has 144 valence electrons. The fraction of sp³-hybridized carbons (Fsp3) is 0.400. The number of guanidine groups is 1. The maximum absolute atomic E-state index is 4.73. The molecule has 2 heterocycles. The van der Waals surface area contributed by atoms with Gasteiger partial charge in [0.15, 0.2) is 11.1 Å². The predicted octanol–water partition coefficient (Wildman–Crippen LogP) is 2.84. The number of hydrogen-bond acceptors (Lipinski definition) is 5. The second-order valence-electron chi connectivity index (χ2n) is 6.61. The molecule has 3 rings (SSSR count). The molecule has 0 unspecified atom stereocenters. The van der Waals surface area contributed by atoms with Gasteiger partial charge in [-0.05, 0) is 24.6 Å². The smallest absolute Gasteiger partial charge is 0.191 e. The number of thiazole rings is 1. The van der Waals surface area contributed by atoms with Crippen molar-refractivity contribution < 1.29 is 0 Å². The molecule has 1 aliphatic heterocycles. The van der Waals surface area contributed by atoms with Crippen LogP contribution in [-0.4, -0.2) is 44.7 Å². The van der Waals surface area contributed by atoms with E-state index in [1.54, 1.807) is 11.3 Å². The Balaban J connectivity index is 1.60. The zero-order valence-electron chi connectivity index (χ0n) is 16.3. The van der Waals surface area contributed by atoms with Crippen LogP contribution in [0.25, 0.3) is 0 Å². The topological polar surface area (TPSA) is 55.8 Å². The fourth-order valence-corrected chi connectivity index (χ4v) is 3.57. The molecule has 2 aromatic rings. The summed E-state index contributed by atoms with van der Waals surface area (Å²) in [6, 6.07) is 8.62. The molecule has 0 spiro atoms. The molecule has 0 amide bonds. The number of nitrogens with zero attached hydrogens (tertiary/aromatic N) is 4. The normalized spacial score (nSPS) is 13.9. The zero-order valence-corrected chi connectivity index (χ0v) is 17.1. The van der Waals surface area contributed by atoms with Crippen LogP contribution in [0.1, 0.15) is 18.2 Å². The van der Waals surface area contributed by atoms with Gasteiger partial charge in [-0.15, -0.1) is 11.3 Å². The van der Waals surface area contributed by atoms with Gasteiger partial charge in [0.2, 0.25) is 0 Å². The Morgan fingerprint density at radius 2 is 2.07 bits per heavy atom. The summed E-state index contributed by atoms with van der Waals surface area (Å²) in [5, 5.41) is 9.78. The molecule has 0 fully saturated rings. The molecular weight excluding hydrogens is 356 g/mol. The molecule has 1 aromatic carbocycles. The van der Waals surface area contributed by atoms with Crippen molar-refractivity contribution in [3.63, 3.8) is 0 Å². The largest absolute Gasteiger partial charge is 0.364 e. The van der Waals surface area contributed by atoms with E-state index < -0.39 is 0 Å².